The molecule has 0 radical (unpaired) electrons. The minimum absolute atomic E-state index is 0.0769. The summed E-state index contributed by atoms with van der Waals surface area (Å²) < 4.78 is 20.4. The fraction of sp³-hybridized carbons (Fsp3) is 0.378. The van der Waals surface area contributed by atoms with E-state index in [1.165, 1.54) is 31.4 Å². The number of anilines is 3. The van der Waals surface area contributed by atoms with E-state index >= 15 is 0 Å². The molecule has 10 nitrogen and oxygen atoms in total. The molecule has 3 aromatic rings. The van der Waals surface area contributed by atoms with Gasteiger partial charge in [0.2, 0.25) is 5.69 Å². The summed E-state index contributed by atoms with van der Waals surface area (Å²) >= 11 is 0. The number of nitrogens with one attached hydrogen (secondary N) is 2. The van der Waals surface area contributed by atoms with Crippen LogP contribution in [0.1, 0.15) is 49.0 Å². The van der Waals surface area contributed by atoms with Gasteiger partial charge in [0.25, 0.3) is 5.91 Å². The number of hydrogen-bond acceptors (Lipinski definition) is 8. The maximum Gasteiger partial charge on any atom is 0.254 e. The Labute approximate surface area is 280 Å². The van der Waals surface area contributed by atoms with Crippen molar-refractivity contribution in [3.63, 3.8) is 0 Å². The number of piperidine rings is 1. The van der Waals surface area contributed by atoms with Crippen LogP contribution in [0, 0.1) is 12.5 Å². The van der Waals surface area contributed by atoms with Gasteiger partial charge in [-0.15, -0.1) is 0 Å². The van der Waals surface area contributed by atoms with Gasteiger partial charge in [-0.1, -0.05) is 24.3 Å². The largest absolute Gasteiger partial charge is 0.378 e. The Balaban J connectivity index is 0.000000239. The molecular weight excluding hydrogens is 609 g/mol. The molecular formula is C37H40FN7O3. The maximum absolute atomic E-state index is 15.0. The number of halogens is 1. The second-order valence-corrected chi connectivity index (χ2v) is 12.8. The van der Waals surface area contributed by atoms with Crippen LogP contribution in [0.3, 0.4) is 0 Å². The lowest BCUT2D eigenvalue weighted by Crippen LogP contribution is -2.44. The molecule has 1 aliphatic carbocycles. The molecule has 4 aliphatic rings. The van der Waals surface area contributed by atoms with Gasteiger partial charge in [0.05, 0.1) is 42.9 Å². The second-order valence-electron chi connectivity index (χ2n) is 12.8. The van der Waals surface area contributed by atoms with Crippen molar-refractivity contribution in [3.05, 3.63) is 107 Å². The van der Waals surface area contributed by atoms with Gasteiger partial charge in [-0.2, -0.15) is 0 Å². The number of Topliss-reactive ketones (excluding diaryl/α,β-unsaturated/α-hetero) is 1. The van der Waals surface area contributed by atoms with Crippen molar-refractivity contribution in [3.8, 4) is 0 Å². The molecule has 2 fully saturated rings. The third-order valence-electron chi connectivity index (χ3n) is 9.15. The molecule has 2 saturated heterocycles. The van der Waals surface area contributed by atoms with Crippen molar-refractivity contribution in [2.75, 3.05) is 54.5 Å². The average molecular weight is 650 g/mol. The zero-order valence-corrected chi connectivity index (χ0v) is 27.3. The number of benzene rings is 1. The minimum Gasteiger partial charge on any atom is -0.378 e. The number of carbonyl (C=O) groups excluding carboxylic acids is 2. The number of ether oxygens (including phenoxy) is 1. The highest BCUT2D eigenvalue weighted by atomic mass is 19.1. The van der Waals surface area contributed by atoms with E-state index in [0.29, 0.717) is 30.2 Å². The van der Waals surface area contributed by atoms with Crippen molar-refractivity contribution >= 4 is 34.7 Å². The summed E-state index contributed by atoms with van der Waals surface area (Å²) in [6.45, 7) is 15.7. The first-order chi connectivity index (χ1) is 23.2. The van der Waals surface area contributed by atoms with Crippen LogP contribution in [0.4, 0.5) is 27.4 Å². The lowest BCUT2D eigenvalue weighted by atomic mass is 9.81. The van der Waals surface area contributed by atoms with E-state index in [4.69, 9.17) is 11.3 Å². The molecule has 0 spiro atoms. The number of rotatable bonds is 5. The number of ketones is 1. The third kappa shape index (κ3) is 7.24. The molecule has 248 valence electrons. The minimum atomic E-state index is -0.784. The van der Waals surface area contributed by atoms with Crippen LogP contribution in [0.15, 0.2) is 84.5 Å². The van der Waals surface area contributed by atoms with Crippen molar-refractivity contribution in [1.82, 2.24) is 15.3 Å². The summed E-state index contributed by atoms with van der Waals surface area (Å²) in [4.78, 5) is 42.5. The van der Waals surface area contributed by atoms with Crippen molar-refractivity contribution < 1.29 is 18.7 Å². The summed E-state index contributed by atoms with van der Waals surface area (Å²) in [7, 11) is 0. The predicted octanol–water partition coefficient (Wildman–Crippen LogP) is 5.98. The molecule has 1 aromatic carbocycles. The number of carbonyl (C=O) groups is 2. The highest BCUT2D eigenvalue weighted by Gasteiger charge is 2.38. The maximum atomic E-state index is 15.0. The van der Waals surface area contributed by atoms with E-state index in [2.05, 4.69) is 35.2 Å². The van der Waals surface area contributed by atoms with Gasteiger partial charge in [0.15, 0.2) is 5.78 Å². The Kier molecular flexibility index (Phi) is 9.82. The van der Waals surface area contributed by atoms with E-state index in [0.717, 1.165) is 43.4 Å². The smallest absolute Gasteiger partial charge is 0.254 e. The molecule has 2 atom stereocenters. The quantitative estimate of drug-likeness (QED) is 0.326. The summed E-state index contributed by atoms with van der Waals surface area (Å²) in [5.74, 6) is -0.199. The molecule has 48 heavy (non-hydrogen) atoms. The summed E-state index contributed by atoms with van der Waals surface area (Å²) in [6, 6.07) is 14.3. The number of nitrogens with zero attached hydrogens (tertiary/aromatic N) is 5. The van der Waals surface area contributed by atoms with E-state index in [9.17, 15) is 14.0 Å². The molecule has 2 N–H and O–H groups in total. The van der Waals surface area contributed by atoms with Gasteiger partial charge in [-0.25, -0.2) is 14.2 Å². The second kappa shape index (κ2) is 14.4. The SMILES string of the molecule is CC(C)(NC(=O)C1=CC2Nc3ccccc3C(=O)C2C=C1F)c1ccc(N2CCOCC2)nc1.[C-]#[N+]c1ccc(N2CCCCC2)nc1. The van der Waals surface area contributed by atoms with Crippen molar-refractivity contribution in [2.45, 2.75) is 44.7 Å². The van der Waals surface area contributed by atoms with Crippen LogP contribution >= 0.6 is 0 Å². The van der Waals surface area contributed by atoms with Crippen LogP contribution < -0.4 is 20.4 Å². The van der Waals surface area contributed by atoms with Crippen LogP contribution in [0.25, 0.3) is 4.85 Å². The molecule has 5 heterocycles. The van der Waals surface area contributed by atoms with Gasteiger partial charge in [-0.3, -0.25) is 14.6 Å². The molecule has 0 saturated carbocycles. The third-order valence-corrected chi connectivity index (χ3v) is 9.15. The molecule has 3 aliphatic heterocycles. The Hall–Kier alpha value is -5.08. The zero-order chi connectivity index (χ0) is 33.7. The molecule has 1 amide bonds. The Bertz CT molecular complexity index is 1740. The van der Waals surface area contributed by atoms with Gasteiger partial charge in [0.1, 0.15) is 17.5 Å². The van der Waals surface area contributed by atoms with Gasteiger partial charge in [0, 0.05) is 49.8 Å². The summed E-state index contributed by atoms with van der Waals surface area (Å²) in [5, 5.41) is 6.18. The number of pyridine rings is 2. The summed E-state index contributed by atoms with van der Waals surface area (Å²) in [6.07, 6.45) is 9.99. The first-order valence-electron chi connectivity index (χ1n) is 16.4. The highest BCUT2D eigenvalue weighted by molar-refractivity contribution is 6.07. The number of para-hydroxylation sites is 1. The number of aromatic nitrogens is 2. The van der Waals surface area contributed by atoms with Gasteiger partial charge < -0.3 is 25.2 Å². The first kappa shape index (κ1) is 32.8. The van der Waals surface area contributed by atoms with Crippen molar-refractivity contribution in [2.24, 2.45) is 5.92 Å². The highest BCUT2D eigenvalue weighted by Crippen LogP contribution is 2.35. The molecule has 0 bridgehead atoms. The normalized spacial score (nSPS) is 20.4. The molecule has 2 aromatic heterocycles. The predicted molar refractivity (Wildman–Crippen MR) is 184 cm³/mol. The standard InChI is InChI=1S/C26H27FN4O3.C11H13N3/c1-26(2,16-7-8-23(28-15-16)31-9-11-34-12-10-31)30-25(33)18-14-22-19(13-20(18)27)24(32)17-5-3-4-6-21(17)29-22;1-12-10-5-6-11(13-9-10)14-7-3-2-4-8-14/h3-8,13-15,19,22,29H,9-12H2,1-2H3,(H,30,33);5-6,9H,2-4,7-8H2. The fourth-order valence-corrected chi connectivity index (χ4v) is 6.36. The monoisotopic (exact) mass is 649 g/mol. The Morgan fingerprint density at radius 3 is 2.31 bits per heavy atom. The van der Waals surface area contributed by atoms with Gasteiger partial charge >= 0.3 is 0 Å². The lowest BCUT2D eigenvalue weighted by molar-refractivity contribution is -0.119. The number of amides is 1. The Morgan fingerprint density at radius 1 is 0.958 bits per heavy atom. The van der Waals surface area contributed by atoms with Crippen molar-refractivity contribution in [1.29, 1.82) is 0 Å². The zero-order valence-electron chi connectivity index (χ0n) is 27.3. The Morgan fingerprint density at radius 2 is 1.65 bits per heavy atom. The number of morpholine rings is 1. The van der Waals surface area contributed by atoms with Crippen LogP contribution in [0.5, 0.6) is 0 Å². The van der Waals surface area contributed by atoms with E-state index < -0.39 is 29.2 Å². The number of hydrogen-bond donors (Lipinski definition) is 2. The fourth-order valence-electron chi connectivity index (χ4n) is 6.36. The van der Waals surface area contributed by atoms with Crippen LogP contribution in [0.2, 0.25) is 0 Å². The first-order valence-corrected chi connectivity index (χ1v) is 16.4. The van der Waals surface area contributed by atoms with E-state index in [1.807, 2.05) is 50.2 Å². The molecule has 2 unspecified atom stereocenters. The van der Waals surface area contributed by atoms with Crippen LogP contribution in [-0.2, 0) is 15.1 Å². The summed E-state index contributed by atoms with van der Waals surface area (Å²) in [5.41, 5.74) is 1.78. The topological polar surface area (TPSA) is 104 Å². The van der Waals surface area contributed by atoms with Crippen LogP contribution in [-0.4, -0.2) is 67.1 Å². The van der Waals surface area contributed by atoms with Gasteiger partial charge in [-0.05, 0) is 75.1 Å². The molecule has 11 heteroatoms. The average Bonchev–Trinajstić information content (AvgIpc) is 3.13. The number of fused-ring (bicyclic) bond motifs is 2. The molecule has 7 rings (SSSR count). The lowest BCUT2D eigenvalue weighted by Gasteiger charge is -2.34. The van der Waals surface area contributed by atoms with E-state index in [-0.39, 0.29) is 11.4 Å². The van der Waals surface area contributed by atoms with E-state index in [1.54, 1.807) is 24.5 Å².